The number of phenolic OH excluding ortho intramolecular Hbond substituents is 1. The second kappa shape index (κ2) is 5.53. The molecule has 21 heavy (non-hydrogen) atoms. The summed E-state index contributed by atoms with van der Waals surface area (Å²) in [5.74, 6) is -3.92. The van der Waals surface area contributed by atoms with E-state index in [0.29, 0.717) is 0 Å². The number of anilines is 1. The fourth-order valence-electron chi connectivity index (χ4n) is 1.63. The molecule has 0 saturated carbocycles. The van der Waals surface area contributed by atoms with E-state index in [-0.39, 0.29) is 11.3 Å². The summed E-state index contributed by atoms with van der Waals surface area (Å²) in [5.41, 5.74) is -1.04. The van der Waals surface area contributed by atoms with Gasteiger partial charge in [-0.15, -0.1) is 0 Å². The number of hydrogen-bond acceptors (Lipinski definition) is 4. The van der Waals surface area contributed by atoms with Crippen molar-refractivity contribution in [2.45, 2.75) is 0 Å². The zero-order valence-corrected chi connectivity index (χ0v) is 10.3. The van der Waals surface area contributed by atoms with Crippen LogP contribution in [0.3, 0.4) is 0 Å². The minimum Gasteiger partial charge on any atom is -0.502 e. The molecule has 0 aliphatic carbocycles. The number of nitro benzene ring substituents is 1. The third kappa shape index (κ3) is 2.94. The largest absolute Gasteiger partial charge is 0.502 e. The lowest BCUT2D eigenvalue weighted by Crippen LogP contribution is -2.12. The van der Waals surface area contributed by atoms with Crippen LogP contribution in [0.25, 0.3) is 0 Å². The van der Waals surface area contributed by atoms with Crippen LogP contribution in [-0.4, -0.2) is 15.9 Å². The number of amides is 1. The number of carbonyl (C=O) groups excluding carboxylic acids is 1. The van der Waals surface area contributed by atoms with Gasteiger partial charge in [0.15, 0.2) is 11.6 Å². The molecule has 0 heterocycles. The Morgan fingerprint density at radius 3 is 2.52 bits per heavy atom. The van der Waals surface area contributed by atoms with Gasteiger partial charge >= 0.3 is 5.69 Å². The van der Waals surface area contributed by atoms with Crippen molar-refractivity contribution in [1.29, 1.82) is 0 Å². The third-order valence-electron chi connectivity index (χ3n) is 2.63. The van der Waals surface area contributed by atoms with Crippen LogP contribution >= 0.6 is 0 Å². The van der Waals surface area contributed by atoms with Crippen molar-refractivity contribution in [2.75, 3.05) is 5.32 Å². The minimum atomic E-state index is -1.16. The number of nitrogens with zero attached hydrogens (tertiary/aromatic N) is 1. The quantitative estimate of drug-likeness (QED) is 0.672. The molecular formula is C13H8F2N2O4. The molecular weight excluding hydrogens is 286 g/mol. The van der Waals surface area contributed by atoms with Gasteiger partial charge in [0.1, 0.15) is 0 Å². The number of benzene rings is 2. The van der Waals surface area contributed by atoms with Crippen molar-refractivity contribution in [2.24, 2.45) is 0 Å². The number of carbonyl (C=O) groups is 1. The maximum atomic E-state index is 13.0. The van der Waals surface area contributed by atoms with Crippen LogP contribution in [0, 0.1) is 21.7 Å². The number of aromatic hydroxyl groups is 1. The Balaban J connectivity index is 2.30. The van der Waals surface area contributed by atoms with Gasteiger partial charge in [-0.25, -0.2) is 8.78 Å². The first-order valence-electron chi connectivity index (χ1n) is 5.63. The highest BCUT2D eigenvalue weighted by Gasteiger charge is 2.21. The summed E-state index contributed by atoms with van der Waals surface area (Å²) < 4.78 is 25.8. The van der Waals surface area contributed by atoms with Crippen molar-refractivity contribution in [3.05, 3.63) is 63.7 Å². The molecule has 0 aliphatic rings. The predicted octanol–water partition coefficient (Wildman–Crippen LogP) is 2.83. The number of halogens is 2. The molecule has 2 rings (SSSR count). The molecule has 108 valence electrons. The van der Waals surface area contributed by atoms with Crippen LogP contribution in [0.4, 0.5) is 20.2 Å². The normalized spacial score (nSPS) is 10.2. The van der Waals surface area contributed by atoms with Crippen molar-refractivity contribution >= 4 is 17.3 Å². The smallest absolute Gasteiger partial charge is 0.311 e. The average Bonchev–Trinajstić information content (AvgIpc) is 2.42. The van der Waals surface area contributed by atoms with Crippen LogP contribution in [0.5, 0.6) is 5.75 Å². The summed E-state index contributed by atoms with van der Waals surface area (Å²) in [6.45, 7) is 0. The number of nitro groups is 1. The SMILES string of the molecule is O=C(Nc1ccc(F)c(F)c1)c1cccc([N+](=O)[O-])c1O. The first-order valence-corrected chi connectivity index (χ1v) is 5.63. The van der Waals surface area contributed by atoms with Crippen molar-refractivity contribution in [1.82, 2.24) is 0 Å². The molecule has 0 atom stereocenters. The summed E-state index contributed by atoms with van der Waals surface area (Å²) >= 11 is 0. The summed E-state index contributed by atoms with van der Waals surface area (Å²) in [5, 5.41) is 22.5. The Morgan fingerprint density at radius 2 is 1.90 bits per heavy atom. The number of phenols is 1. The van der Waals surface area contributed by atoms with E-state index < -0.39 is 33.9 Å². The Morgan fingerprint density at radius 1 is 1.19 bits per heavy atom. The average molecular weight is 294 g/mol. The summed E-state index contributed by atoms with van der Waals surface area (Å²) in [6, 6.07) is 6.10. The topological polar surface area (TPSA) is 92.5 Å². The highest BCUT2D eigenvalue weighted by molar-refractivity contribution is 6.06. The summed E-state index contributed by atoms with van der Waals surface area (Å²) in [4.78, 5) is 21.7. The van der Waals surface area contributed by atoms with E-state index in [4.69, 9.17) is 0 Å². The van der Waals surface area contributed by atoms with Crippen molar-refractivity contribution < 1.29 is 23.6 Å². The molecule has 0 aromatic heterocycles. The van der Waals surface area contributed by atoms with Gasteiger partial charge in [-0.3, -0.25) is 14.9 Å². The molecule has 0 bridgehead atoms. The molecule has 0 unspecified atom stereocenters. The van der Waals surface area contributed by atoms with E-state index in [1.807, 2.05) is 0 Å². The highest BCUT2D eigenvalue weighted by atomic mass is 19.2. The minimum absolute atomic E-state index is 0.0511. The lowest BCUT2D eigenvalue weighted by Gasteiger charge is -2.07. The van der Waals surface area contributed by atoms with Gasteiger partial charge in [-0.05, 0) is 18.2 Å². The molecule has 0 spiro atoms. The van der Waals surface area contributed by atoms with E-state index >= 15 is 0 Å². The zero-order chi connectivity index (χ0) is 15.6. The van der Waals surface area contributed by atoms with E-state index in [9.17, 15) is 28.8 Å². The molecule has 1 amide bonds. The molecule has 6 nitrogen and oxygen atoms in total. The predicted molar refractivity (Wildman–Crippen MR) is 69.1 cm³/mol. The summed E-state index contributed by atoms with van der Waals surface area (Å²) in [7, 11) is 0. The van der Waals surface area contributed by atoms with E-state index in [2.05, 4.69) is 5.32 Å². The van der Waals surface area contributed by atoms with Gasteiger partial charge in [0.2, 0.25) is 5.75 Å². The third-order valence-corrected chi connectivity index (χ3v) is 2.63. The lowest BCUT2D eigenvalue weighted by molar-refractivity contribution is -0.385. The van der Waals surface area contributed by atoms with Gasteiger partial charge in [-0.2, -0.15) is 0 Å². The standard InChI is InChI=1S/C13H8F2N2O4/c14-9-5-4-7(6-10(9)15)16-13(19)8-2-1-3-11(12(8)18)17(20)21/h1-6,18H,(H,16,19). The van der Waals surface area contributed by atoms with Crippen LogP contribution in [0.1, 0.15) is 10.4 Å². The van der Waals surface area contributed by atoms with E-state index in [0.717, 1.165) is 30.3 Å². The lowest BCUT2D eigenvalue weighted by atomic mass is 10.1. The molecule has 0 aliphatic heterocycles. The Bertz CT molecular complexity index is 734. The Labute approximate surface area is 116 Å². The van der Waals surface area contributed by atoms with Crippen molar-refractivity contribution in [3.8, 4) is 5.75 Å². The van der Waals surface area contributed by atoms with Gasteiger partial charge in [0.25, 0.3) is 5.91 Å². The molecule has 0 radical (unpaired) electrons. The van der Waals surface area contributed by atoms with Gasteiger partial charge < -0.3 is 10.4 Å². The number of hydrogen-bond donors (Lipinski definition) is 2. The zero-order valence-electron chi connectivity index (χ0n) is 10.3. The fraction of sp³-hybridized carbons (Fsp3) is 0. The molecule has 8 heteroatoms. The maximum absolute atomic E-state index is 13.0. The Hall–Kier alpha value is -3.03. The van der Waals surface area contributed by atoms with Gasteiger partial charge in [0, 0.05) is 17.8 Å². The molecule has 2 aromatic rings. The van der Waals surface area contributed by atoms with Gasteiger partial charge in [-0.1, -0.05) is 6.07 Å². The number of nitrogens with one attached hydrogen (secondary N) is 1. The second-order valence-electron chi connectivity index (χ2n) is 4.01. The van der Waals surface area contributed by atoms with E-state index in [1.165, 1.54) is 6.07 Å². The fourth-order valence-corrected chi connectivity index (χ4v) is 1.63. The molecule has 2 aromatic carbocycles. The van der Waals surface area contributed by atoms with Crippen LogP contribution in [-0.2, 0) is 0 Å². The molecule has 0 fully saturated rings. The van der Waals surface area contributed by atoms with Crippen LogP contribution < -0.4 is 5.32 Å². The molecule has 0 saturated heterocycles. The van der Waals surface area contributed by atoms with Crippen LogP contribution in [0.15, 0.2) is 36.4 Å². The van der Waals surface area contributed by atoms with E-state index in [1.54, 1.807) is 0 Å². The van der Waals surface area contributed by atoms with Crippen molar-refractivity contribution in [3.63, 3.8) is 0 Å². The first kappa shape index (κ1) is 14.4. The van der Waals surface area contributed by atoms with Gasteiger partial charge in [0.05, 0.1) is 10.5 Å². The monoisotopic (exact) mass is 294 g/mol. The maximum Gasteiger partial charge on any atom is 0.311 e. The Kier molecular flexibility index (Phi) is 3.79. The van der Waals surface area contributed by atoms with Crippen LogP contribution in [0.2, 0.25) is 0 Å². The first-order chi connectivity index (χ1) is 9.90. The second-order valence-corrected chi connectivity index (χ2v) is 4.01. The summed E-state index contributed by atoms with van der Waals surface area (Å²) in [6.07, 6.45) is 0. The number of rotatable bonds is 3. The molecule has 2 N–H and O–H groups in total. The highest BCUT2D eigenvalue weighted by Crippen LogP contribution is 2.29. The number of para-hydroxylation sites is 1.